The predicted molar refractivity (Wildman–Crippen MR) is 78.4 cm³/mol. The fourth-order valence-corrected chi connectivity index (χ4v) is 2.34. The van der Waals surface area contributed by atoms with Crippen molar-refractivity contribution < 1.29 is 19.4 Å². The maximum Gasteiger partial charge on any atom is 0.195 e. The first-order valence-corrected chi connectivity index (χ1v) is 6.62. The Bertz CT molecular complexity index is 774. The third-order valence-corrected chi connectivity index (χ3v) is 3.45. The lowest BCUT2D eigenvalue weighted by atomic mass is 9.98. The summed E-state index contributed by atoms with van der Waals surface area (Å²) in [6.07, 6.45) is 0.462. The van der Waals surface area contributed by atoms with Gasteiger partial charge in [0.05, 0.1) is 17.2 Å². The van der Waals surface area contributed by atoms with Crippen molar-refractivity contribution in [2.75, 3.05) is 0 Å². The van der Waals surface area contributed by atoms with Crippen molar-refractivity contribution in [3.8, 4) is 5.75 Å². The van der Waals surface area contributed by atoms with E-state index in [-0.39, 0.29) is 17.7 Å². The first-order valence-electron chi connectivity index (χ1n) is 6.62. The van der Waals surface area contributed by atoms with Gasteiger partial charge in [-0.15, -0.1) is 0 Å². The molecule has 0 amide bonds. The number of hydrogen-bond donors (Lipinski definition) is 2. The van der Waals surface area contributed by atoms with E-state index in [1.165, 1.54) is 12.3 Å². The molecule has 2 N–H and O–H groups in total. The predicted octanol–water partition coefficient (Wildman–Crippen LogP) is 2.92. The minimum Gasteiger partial charge on any atom is -0.506 e. The summed E-state index contributed by atoms with van der Waals surface area (Å²) in [4.78, 5) is 12.3. The zero-order valence-corrected chi connectivity index (χ0v) is 11.2. The van der Waals surface area contributed by atoms with Gasteiger partial charge in [0.1, 0.15) is 17.4 Å². The Hall–Kier alpha value is -2.59. The molecule has 1 unspecified atom stereocenters. The number of ketones is 1. The third-order valence-electron chi connectivity index (χ3n) is 3.45. The number of hydrogen-bond acceptors (Lipinski definition) is 4. The lowest BCUT2D eigenvalue weighted by Gasteiger charge is -2.11. The minimum absolute atomic E-state index is 0.104. The van der Waals surface area contributed by atoms with Gasteiger partial charge < -0.3 is 14.6 Å². The lowest BCUT2D eigenvalue weighted by molar-refractivity contribution is 0.0745. The molecule has 4 nitrogen and oxygen atoms in total. The summed E-state index contributed by atoms with van der Waals surface area (Å²) in [6, 6.07) is 13.9. The summed E-state index contributed by atoms with van der Waals surface area (Å²) >= 11 is 0. The molecule has 4 heteroatoms. The van der Waals surface area contributed by atoms with Crippen LogP contribution in [0.15, 0.2) is 59.2 Å². The number of Topliss-reactive ketones (excluding diaryl/α,β-unsaturated/α-hetero) is 1. The van der Waals surface area contributed by atoms with Crippen molar-refractivity contribution in [2.45, 2.75) is 12.5 Å². The standard InChI is InChI=1S/C17H14O4/c18-14(10-11-4-2-1-3-5-11)17(20)13-6-7-15-12(16(13)19)8-9-21-15/h1-9,14,18-19H,10H2. The van der Waals surface area contributed by atoms with Gasteiger partial charge in [-0.05, 0) is 23.8 Å². The molecule has 3 rings (SSSR count). The van der Waals surface area contributed by atoms with E-state index in [4.69, 9.17) is 4.42 Å². The van der Waals surface area contributed by atoms with Crippen LogP contribution in [0.1, 0.15) is 15.9 Å². The lowest BCUT2D eigenvalue weighted by Crippen LogP contribution is -2.23. The number of carbonyl (C=O) groups is 1. The van der Waals surface area contributed by atoms with E-state index in [1.807, 2.05) is 30.3 Å². The van der Waals surface area contributed by atoms with E-state index in [1.54, 1.807) is 12.1 Å². The first-order chi connectivity index (χ1) is 10.2. The Balaban J connectivity index is 1.87. The fourth-order valence-electron chi connectivity index (χ4n) is 2.34. The summed E-state index contributed by atoms with van der Waals surface area (Å²) in [7, 11) is 0. The molecule has 2 aromatic carbocycles. The van der Waals surface area contributed by atoms with Crippen LogP contribution in [-0.4, -0.2) is 22.1 Å². The van der Waals surface area contributed by atoms with Crippen LogP contribution in [0, 0.1) is 0 Å². The Labute approximate surface area is 121 Å². The Morgan fingerprint density at radius 3 is 2.62 bits per heavy atom. The molecule has 1 heterocycles. The number of phenolic OH excluding ortho intramolecular Hbond substituents is 1. The molecular formula is C17H14O4. The molecule has 21 heavy (non-hydrogen) atoms. The highest BCUT2D eigenvalue weighted by Gasteiger charge is 2.22. The summed E-state index contributed by atoms with van der Waals surface area (Å²) < 4.78 is 5.16. The van der Waals surface area contributed by atoms with E-state index in [0.717, 1.165) is 5.56 Å². The van der Waals surface area contributed by atoms with Gasteiger partial charge in [-0.2, -0.15) is 0 Å². The van der Waals surface area contributed by atoms with Crippen LogP contribution in [0.3, 0.4) is 0 Å². The van der Waals surface area contributed by atoms with Crippen LogP contribution in [0.4, 0.5) is 0 Å². The van der Waals surface area contributed by atoms with Gasteiger partial charge in [0.15, 0.2) is 5.78 Å². The van der Waals surface area contributed by atoms with E-state index in [0.29, 0.717) is 11.0 Å². The van der Waals surface area contributed by atoms with Crippen molar-refractivity contribution in [1.82, 2.24) is 0 Å². The SMILES string of the molecule is O=C(c1ccc2occc2c1O)C(O)Cc1ccccc1. The summed E-state index contributed by atoms with van der Waals surface area (Å²) in [5.41, 5.74) is 1.47. The molecule has 0 bridgehead atoms. The minimum atomic E-state index is -1.19. The van der Waals surface area contributed by atoms with Crippen molar-refractivity contribution in [2.24, 2.45) is 0 Å². The number of aromatic hydroxyl groups is 1. The second-order valence-corrected chi connectivity index (χ2v) is 4.86. The third kappa shape index (κ3) is 2.53. The van der Waals surface area contributed by atoms with Crippen LogP contribution in [0.25, 0.3) is 11.0 Å². The monoisotopic (exact) mass is 282 g/mol. The zero-order chi connectivity index (χ0) is 14.8. The number of aliphatic hydroxyl groups is 1. The quantitative estimate of drug-likeness (QED) is 0.722. The van der Waals surface area contributed by atoms with Gasteiger partial charge in [0.25, 0.3) is 0 Å². The van der Waals surface area contributed by atoms with E-state index in [9.17, 15) is 15.0 Å². The molecule has 3 aromatic rings. The summed E-state index contributed by atoms with van der Waals surface area (Å²) in [5.74, 6) is -0.655. The molecule has 106 valence electrons. The topological polar surface area (TPSA) is 70.7 Å². The Kier molecular flexibility index (Phi) is 3.46. The van der Waals surface area contributed by atoms with Crippen LogP contribution < -0.4 is 0 Å². The van der Waals surface area contributed by atoms with Gasteiger partial charge in [-0.1, -0.05) is 30.3 Å². The number of aliphatic hydroxyl groups excluding tert-OH is 1. The number of benzene rings is 2. The van der Waals surface area contributed by atoms with E-state index < -0.39 is 11.9 Å². The van der Waals surface area contributed by atoms with Crippen LogP contribution >= 0.6 is 0 Å². The van der Waals surface area contributed by atoms with Crippen molar-refractivity contribution in [3.63, 3.8) is 0 Å². The molecule has 1 atom stereocenters. The summed E-state index contributed by atoms with van der Waals surface area (Å²) in [5, 5.41) is 20.7. The second kappa shape index (κ2) is 5.42. The average molecular weight is 282 g/mol. The van der Waals surface area contributed by atoms with Crippen LogP contribution in [0.2, 0.25) is 0 Å². The number of fused-ring (bicyclic) bond motifs is 1. The number of phenols is 1. The molecule has 0 aliphatic rings. The molecular weight excluding hydrogens is 268 g/mol. The normalized spacial score (nSPS) is 12.4. The van der Waals surface area contributed by atoms with Crippen molar-refractivity contribution >= 4 is 16.8 Å². The molecule has 0 saturated carbocycles. The smallest absolute Gasteiger partial charge is 0.195 e. The van der Waals surface area contributed by atoms with E-state index >= 15 is 0 Å². The number of carbonyl (C=O) groups excluding carboxylic acids is 1. The molecule has 0 spiro atoms. The molecule has 1 aromatic heterocycles. The Morgan fingerprint density at radius 2 is 1.86 bits per heavy atom. The zero-order valence-electron chi connectivity index (χ0n) is 11.2. The molecule has 0 saturated heterocycles. The van der Waals surface area contributed by atoms with Gasteiger partial charge in [-0.25, -0.2) is 0 Å². The average Bonchev–Trinajstić information content (AvgIpc) is 2.97. The van der Waals surface area contributed by atoms with Gasteiger partial charge in [0, 0.05) is 6.42 Å². The number of furan rings is 1. The molecule has 0 aliphatic heterocycles. The summed E-state index contributed by atoms with van der Waals surface area (Å²) in [6.45, 7) is 0. The maximum atomic E-state index is 12.3. The maximum absolute atomic E-state index is 12.3. The fraction of sp³-hybridized carbons (Fsp3) is 0.118. The van der Waals surface area contributed by atoms with Gasteiger partial charge in [-0.3, -0.25) is 4.79 Å². The molecule has 0 radical (unpaired) electrons. The highest BCUT2D eigenvalue weighted by Crippen LogP contribution is 2.30. The van der Waals surface area contributed by atoms with Crippen molar-refractivity contribution in [3.05, 3.63) is 65.9 Å². The van der Waals surface area contributed by atoms with Crippen molar-refractivity contribution in [1.29, 1.82) is 0 Å². The van der Waals surface area contributed by atoms with Crippen LogP contribution in [0.5, 0.6) is 5.75 Å². The van der Waals surface area contributed by atoms with Gasteiger partial charge in [0.2, 0.25) is 0 Å². The Morgan fingerprint density at radius 1 is 1.10 bits per heavy atom. The van der Waals surface area contributed by atoms with E-state index in [2.05, 4.69) is 0 Å². The van der Waals surface area contributed by atoms with Gasteiger partial charge >= 0.3 is 0 Å². The second-order valence-electron chi connectivity index (χ2n) is 4.86. The number of rotatable bonds is 4. The largest absolute Gasteiger partial charge is 0.506 e. The molecule has 0 fully saturated rings. The molecule has 0 aliphatic carbocycles. The highest BCUT2D eigenvalue weighted by atomic mass is 16.3. The highest BCUT2D eigenvalue weighted by molar-refractivity contribution is 6.06. The van der Waals surface area contributed by atoms with Crippen LogP contribution in [-0.2, 0) is 6.42 Å². The first kappa shape index (κ1) is 13.4.